The number of esters is 1. The summed E-state index contributed by atoms with van der Waals surface area (Å²) in [6.07, 6.45) is 0. The van der Waals surface area contributed by atoms with Crippen LogP contribution in [0.2, 0.25) is 0 Å². The van der Waals surface area contributed by atoms with Crippen molar-refractivity contribution in [1.29, 1.82) is 0 Å². The maximum Gasteiger partial charge on any atom is 0.363 e. The number of nitrogens with one attached hydrogen (secondary N) is 2. The Kier molecular flexibility index (Phi) is 6.79. The van der Waals surface area contributed by atoms with Crippen LogP contribution in [0.3, 0.4) is 0 Å². The van der Waals surface area contributed by atoms with Crippen LogP contribution in [0.5, 0.6) is 0 Å². The summed E-state index contributed by atoms with van der Waals surface area (Å²) in [5.74, 6) is -1.92. The van der Waals surface area contributed by atoms with Gasteiger partial charge in [0.25, 0.3) is 5.91 Å². The second kappa shape index (κ2) is 9.69. The van der Waals surface area contributed by atoms with Crippen LogP contribution < -0.4 is 16.1 Å². The van der Waals surface area contributed by atoms with E-state index in [0.717, 1.165) is 11.1 Å². The Morgan fingerprint density at radius 2 is 1.69 bits per heavy atom. The maximum atomic E-state index is 12.3. The fourth-order valence-electron chi connectivity index (χ4n) is 2.86. The summed E-state index contributed by atoms with van der Waals surface area (Å²) in [5, 5.41) is 8.66. The molecule has 3 amide bonds. The van der Waals surface area contributed by atoms with Crippen LogP contribution in [0.25, 0.3) is 5.69 Å². The van der Waals surface area contributed by atoms with Gasteiger partial charge in [-0.3, -0.25) is 14.9 Å². The number of hydrogen-bond donors (Lipinski definition) is 2. The normalized spacial score (nSPS) is 10.3. The molecule has 0 spiro atoms. The topological polar surface area (TPSA) is 119 Å². The van der Waals surface area contributed by atoms with E-state index in [9.17, 15) is 19.2 Å². The molecule has 9 nitrogen and oxygen atoms in total. The van der Waals surface area contributed by atoms with Crippen molar-refractivity contribution < 1.29 is 19.1 Å². The molecule has 0 saturated heterocycles. The molecule has 0 aliphatic heterocycles. The molecule has 3 aromatic rings. The lowest BCUT2D eigenvalue weighted by molar-refractivity contribution is -0.123. The van der Waals surface area contributed by atoms with E-state index in [1.165, 1.54) is 10.7 Å². The van der Waals surface area contributed by atoms with E-state index in [2.05, 4.69) is 15.7 Å². The monoisotopic (exact) mass is 434 g/mol. The number of carbonyl (C=O) groups excluding carboxylic acids is 3. The van der Waals surface area contributed by atoms with Crippen molar-refractivity contribution in [3.8, 4) is 5.69 Å². The van der Waals surface area contributed by atoms with E-state index in [1.54, 1.807) is 43.3 Å². The molecule has 0 bridgehead atoms. The summed E-state index contributed by atoms with van der Waals surface area (Å²) in [6, 6.07) is 14.7. The van der Waals surface area contributed by atoms with Gasteiger partial charge >= 0.3 is 12.0 Å². The third-order valence-corrected chi connectivity index (χ3v) is 4.65. The van der Waals surface area contributed by atoms with Crippen LogP contribution in [0.15, 0.2) is 59.4 Å². The highest BCUT2D eigenvalue weighted by atomic mass is 16.5. The fraction of sp³-hybridized carbons (Fsp3) is 0.174. The number of para-hydroxylation sites is 1. The average Bonchev–Trinajstić information content (AvgIpc) is 2.75. The van der Waals surface area contributed by atoms with Gasteiger partial charge in [-0.15, -0.1) is 0 Å². The van der Waals surface area contributed by atoms with Crippen molar-refractivity contribution in [2.24, 2.45) is 0 Å². The summed E-state index contributed by atoms with van der Waals surface area (Å²) < 4.78 is 6.31. The van der Waals surface area contributed by atoms with Crippen molar-refractivity contribution >= 4 is 23.6 Å². The molecule has 1 heterocycles. The highest BCUT2D eigenvalue weighted by Gasteiger charge is 2.19. The third-order valence-electron chi connectivity index (χ3n) is 4.65. The molecule has 0 radical (unpaired) electrons. The number of aryl methyl sites for hydroxylation is 3. The van der Waals surface area contributed by atoms with E-state index < -0.39 is 35.6 Å². The number of carbonyl (C=O) groups is 3. The molecule has 2 aromatic carbocycles. The Bertz CT molecular complexity index is 1230. The van der Waals surface area contributed by atoms with Crippen molar-refractivity contribution in [2.45, 2.75) is 20.8 Å². The second-order valence-corrected chi connectivity index (χ2v) is 7.12. The number of urea groups is 1. The number of hydrogen-bond acceptors (Lipinski definition) is 6. The second-order valence-electron chi connectivity index (χ2n) is 7.12. The Hall–Kier alpha value is -4.27. The fourth-order valence-corrected chi connectivity index (χ4v) is 2.86. The van der Waals surface area contributed by atoms with E-state index >= 15 is 0 Å². The highest BCUT2D eigenvalue weighted by molar-refractivity contribution is 6.02. The third kappa shape index (κ3) is 5.45. The Morgan fingerprint density at radius 1 is 0.969 bits per heavy atom. The predicted octanol–water partition coefficient (Wildman–Crippen LogP) is 2.66. The largest absolute Gasteiger partial charge is 0.451 e. The minimum atomic E-state index is -1.07. The molecule has 0 unspecified atom stereocenters. The lowest BCUT2D eigenvalue weighted by Crippen LogP contribution is -2.37. The first kappa shape index (κ1) is 22.4. The van der Waals surface area contributed by atoms with Gasteiger partial charge in [0, 0.05) is 17.4 Å². The number of aromatic nitrogens is 2. The van der Waals surface area contributed by atoms with Crippen LogP contribution >= 0.6 is 0 Å². The molecule has 0 aliphatic carbocycles. The van der Waals surface area contributed by atoms with Gasteiger partial charge in [0.15, 0.2) is 6.61 Å². The first-order valence-corrected chi connectivity index (χ1v) is 9.76. The average molecular weight is 434 g/mol. The molecule has 0 saturated carbocycles. The Labute approximate surface area is 184 Å². The van der Waals surface area contributed by atoms with E-state index in [4.69, 9.17) is 4.74 Å². The number of anilines is 1. The standard InChI is InChI=1S/C23H22N4O5/c1-14-9-10-17(11-15(14)2)24-23(31)25-20(29)13-32-22(30)21-19(28)12-16(3)27(26-21)18-7-5-4-6-8-18/h4-12H,13H2,1-3H3,(H2,24,25,29,31). The molecule has 3 rings (SSSR count). The molecular formula is C23H22N4O5. The van der Waals surface area contributed by atoms with Gasteiger partial charge in [0.1, 0.15) is 0 Å². The number of ether oxygens (including phenoxy) is 1. The van der Waals surface area contributed by atoms with Crippen LogP contribution in [-0.2, 0) is 9.53 Å². The van der Waals surface area contributed by atoms with Gasteiger partial charge in [-0.1, -0.05) is 24.3 Å². The van der Waals surface area contributed by atoms with Crippen molar-refractivity contribution in [3.05, 3.63) is 87.3 Å². The van der Waals surface area contributed by atoms with Crippen molar-refractivity contribution in [3.63, 3.8) is 0 Å². The minimum Gasteiger partial charge on any atom is -0.451 e. The van der Waals surface area contributed by atoms with Crippen molar-refractivity contribution in [2.75, 3.05) is 11.9 Å². The number of amides is 3. The summed E-state index contributed by atoms with van der Waals surface area (Å²) in [5.41, 5.74) is 2.64. The Balaban J connectivity index is 1.61. The molecular weight excluding hydrogens is 412 g/mol. The molecule has 32 heavy (non-hydrogen) atoms. The van der Waals surface area contributed by atoms with Crippen molar-refractivity contribution in [1.82, 2.24) is 15.1 Å². The molecule has 2 N–H and O–H groups in total. The molecule has 9 heteroatoms. The minimum absolute atomic E-state index is 0.466. The van der Waals surface area contributed by atoms with Gasteiger partial charge in [-0.25, -0.2) is 14.3 Å². The number of imide groups is 1. The van der Waals surface area contributed by atoms with Crippen LogP contribution in [0.1, 0.15) is 27.3 Å². The van der Waals surface area contributed by atoms with Gasteiger partial charge in [-0.05, 0) is 56.2 Å². The zero-order valence-electron chi connectivity index (χ0n) is 17.8. The maximum absolute atomic E-state index is 12.3. The molecule has 1 aromatic heterocycles. The van der Waals surface area contributed by atoms with Gasteiger partial charge in [-0.2, -0.15) is 5.10 Å². The van der Waals surface area contributed by atoms with Gasteiger partial charge < -0.3 is 10.1 Å². The lowest BCUT2D eigenvalue weighted by atomic mass is 10.1. The highest BCUT2D eigenvalue weighted by Crippen LogP contribution is 2.14. The predicted molar refractivity (Wildman–Crippen MR) is 118 cm³/mol. The van der Waals surface area contributed by atoms with E-state index in [-0.39, 0.29) is 0 Å². The van der Waals surface area contributed by atoms with Gasteiger partial charge in [0.2, 0.25) is 11.1 Å². The Morgan fingerprint density at radius 3 is 2.38 bits per heavy atom. The van der Waals surface area contributed by atoms with Crippen LogP contribution in [0, 0.1) is 20.8 Å². The zero-order valence-corrected chi connectivity index (χ0v) is 17.8. The summed E-state index contributed by atoms with van der Waals surface area (Å²) in [7, 11) is 0. The molecule has 0 aliphatic rings. The van der Waals surface area contributed by atoms with Crippen LogP contribution in [-0.4, -0.2) is 34.3 Å². The summed E-state index contributed by atoms with van der Waals surface area (Å²) in [6.45, 7) is 4.76. The lowest BCUT2D eigenvalue weighted by Gasteiger charge is -2.11. The first-order valence-electron chi connectivity index (χ1n) is 9.76. The zero-order chi connectivity index (χ0) is 23.3. The molecule has 164 valence electrons. The van der Waals surface area contributed by atoms with Gasteiger partial charge in [0.05, 0.1) is 5.69 Å². The quantitative estimate of drug-likeness (QED) is 0.596. The van der Waals surface area contributed by atoms with Crippen LogP contribution in [0.4, 0.5) is 10.5 Å². The number of benzene rings is 2. The van der Waals surface area contributed by atoms with E-state index in [1.807, 2.05) is 26.0 Å². The molecule has 0 fully saturated rings. The SMILES string of the molecule is Cc1ccc(NC(=O)NC(=O)COC(=O)c2nn(-c3ccccc3)c(C)cc2=O)cc1C. The summed E-state index contributed by atoms with van der Waals surface area (Å²) in [4.78, 5) is 48.5. The summed E-state index contributed by atoms with van der Waals surface area (Å²) >= 11 is 0. The number of nitrogens with zero attached hydrogens (tertiary/aromatic N) is 2. The molecule has 0 atom stereocenters. The first-order chi connectivity index (χ1) is 15.2. The number of rotatable bonds is 5. The van der Waals surface area contributed by atoms with E-state index in [0.29, 0.717) is 17.1 Å². The smallest absolute Gasteiger partial charge is 0.363 e.